The van der Waals surface area contributed by atoms with E-state index >= 15 is 0 Å². The second-order valence-electron chi connectivity index (χ2n) is 10.2. The van der Waals surface area contributed by atoms with Crippen molar-refractivity contribution in [1.82, 2.24) is 9.99 Å². The molecule has 10 heteroatoms. The van der Waals surface area contributed by atoms with Crippen molar-refractivity contribution in [1.29, 1.82) is 5.26 Å². The summed E-state index contributed by atoms with van der Waals surface area (Å²) in [6, 6.07) is 18.5. The number of hydrogen-bond acceptors (Lipinski definition) is 8. The largest absolute Gasteiger partial charge is 0.378 e. The van der Waals surface area contributed by atoms with E-state index in [0.29, 0.717) is 31.7 Å². The van der Waals surface area contributed by atoms with E-state index in [1.165, 1.54) is 0 Å². The van der Waals surface area contributed by atoms with Crippen molar-refractivity contribution in [3.05, 3.63) is 54.1 Å². The van der Waals surface area contributed by atoms with E-state index < -0.39 is 8.53 Å². The topological polar surface area (TPSA) is 85.5 Å². The molecular formula is C30H45N6O2PS. The van der Waals surface area contributed by atoms with E-state index in [1.807, 2.05) is 62.6 Å². The molecule has 0 heterocycles. The number of azo groups is 1. The van der Waals surface area contributed by atoms with Crippen molar-refractivity contribution in [2.24, 2.45) is 10.2 Å². The summed E-state index contributed by atoms with van der Waals surface area (Å²) in [6.45, 7) is 10.5. The molecule has 2 rings (SSSR count). The van der Waals surface area contributed by atoms with Crippen LogP contribution in [0.25, 0.3) is 0 Å². The van der Waals surface area contributed by atoms with Gasteiger partial charge in [-0.3, -0.25) is 0 Å². The Balaban J connectivity index is 1.67. The molecule has 0 bridgehead atoms. The van der Waals surface area contributed by atoms with Crippen LogP contribution in [0.15, 0.2) is 58.8 Å². The number of rotatable bonds is 18. The first-order valence-electron chi connectivity index (χ1n) is 14.0. The number of anilines is 1. The average Bonchev–Trinajstić information content (AvgIpc) is 2.93. The Kier molecular flexibility index (Phi) is 15.9. The second kappa shape index (κ2) is 18.8. The summed E-state index contributed by atoms with van der Waals surface area (Å²) in [6.07, 6.45) is 4.57. The summed E-state index contributed by atoms with van der Waals surface area (Å²) >= 11 is 5.57. The van der Waals surface area contributed by atoms with Gasteiger partial charge in [-0.1, -0.05) is 25.1 Å². The van der Waals surface area contributed by atoms with E-state index in [9.17, 15) is 0 Å². The first kappa shape index (κ1) is 33.7. The molecule has 0 aliphatic carbocycles. The van der Waals surface area contributed by atoms with E-state index in [2.05, 4.69) is 58.9 Å². The van der Waals surface area contributed by atoms with Crippen LogP contribution < -0.4 is 10.2 Å². The van der Waals surface area contributed by atoms with E-state index in [4.69, 9.17) is 26.5 Å². The molecule has 0 fully saturated rings. The van der Waals surface area contributed by atoms with Crippen molar-refractivity contribution in [2.75, 3.05) is 38.8 Å². The van der Waals surface area contributed by atoms with Gasteiger partial charge >= 0.3 is 0 Å². The molecule has 1 unspecified atom stereocenters. The lowest BCUT2D eigenvalue weighted by atomic mass is 10.2. The number of unbranched alkanes of at least 4 members (excludes halogenated alkanes) is 3. The number of hydrogen-bond donors (Lipinski definition) is 1. The first-order valence-corrected chi connectivity index (χ1v) is 15.5. The van der Waals surface area contributed by atoms with Gasteiger partial charge in [0, 0.05) is 44.0 Å². The van der Waals surface area contributed by atoms with Gasteiger partial charge in [-0.25, -0.2) is 4.67 Å². The molecule has 1 N–H and O–H groups in total. The summed E-state index contributed by atoms with van der Waals surface area (Å²) in [5.41, 5.74) is 3.70. The van der Waals surface area contributed by atoms with Gasteiger partial charge in [0.05, 0.1) is 37.1 Å². The Labute approximate surface area is 247 Å². The maximum Gasteiger partial charge on any atom is 0.259 e. The highest BCUT2D eigenvalue weighted by Crippen LogP contribution is 2.46. The fourth-order valence-electron chi connectivity index (χ4n) is 3.95. The molecule has 0 aliphatic rings. The summed E-state index contributed by atoms with van der Waals surface area (Å²) < 4.78 is 14.4. The minimum absolute atomic E-state index is 0.315. The number of benzene rings is 2. The van der Waals surface area contributed by atoms with Gasteiger partial charge in [0.2, 0.25) is 0 Å². The Morgan fingerprint density at radius 2 is 1.43 bits per heavy atom. The van der Waals surface area contributed by atoms with Crippen LogP contribution in [0, 0.1) is 11.3 Å². The number of nitrogens with zero attached hydrogens (tertiary/aromatic N) is 5. The van der Waals surface area contributed by atoms with Gasteiger partial charge in [0.15, 0.2) is 0 Å². The lowest BCUT2D eigenvalue weighted by molar-refractivity contribution is 0.174. The van der Waals surface area contributed by atoms with Gasteiger partial charge < -0.3 is 19.3 Å². The molecule has 0 aromatic heterocycles. The summed E-state index contributed by atoms with van der Waals surface area (Å²) in [7, 11) is 2.86. The molecular weight excluding hydrogens is 539 g/mol. The predicted molar refractivity (Wildman–Crippen MR) is 171 cm³/mol. The average molecular weight is 585 g/mol. The maximum atomic E-state index is 8.84. The lowest BCUT2D eigenvalue weighted by Crippen LogP contribution is -2.33. The highest BCUT2D eigenvalue weighted by molar-refractivity contribution is 7.80. The molecule has 0 radical (unpaired) electrons. The Bertz CT molecular complexity index is 1060. The smallest absolute Gasteiger partial charge is 0.259 e. The summed E-state index contributed by atoms with van der Waals surface area (Å²) in [5.74, 6) is 0. The zero-order valence-electron chi connectivity index (χ0n) is 24.8. The fourth-order valence-corrected chi connectivity index (χ4v) is 5.82. The zero-order chi connectivity index (χ0) is 29.3. The van der Waals surface area contributed by atoms with Crippen molar-refractivity contribution >= 4 is 42.8 Å². The van der Waals surface area contributed by atoms with Crippen LogP contribution in [0.1, 0.15) is 65.4 Å². The van der Waals surface area contributed by atoms with Gasteiger partial charge in [0.25, 0.3) is 8.53 Å². The molecule has 2 aromatic rings. The highest BCUT2D eigenvalue weighted by atomic mass is 32.1. The molecule has 0 aliphatic heterocycles. The number of nitrogens with one attached hydrogen (secondary N) is 1. The molecule has 40 heavy (non-hydrogen) atoms. The molecule has 0 spiro atoms. The van der Waals surface area contributed by atoms with Crippen molar-refractivity contribution in [2.45, 2.75) is 71.9 Å². The minimum Gasteiger partial charge on any atom is -0.378 e. The monoisotopic (exact) mass is 584 g/mol. The summed E-state index contributed by atoms with van der Waals surface area (Å²) in [5, 5.41) is 20.9. The maximum absolute atomic E-state index is 8.84. The van der Waals surface area contributed by atoms with Crippen LogP contribution in [0.2, 0.25) is 0 Å². The predicted octanol–water partition coefficient (Wildman–Crippen LogP) is 8.29. The standard InChI is InChI=1S/C30H45N6O2PS/c1-24(2)36(25(3)4)39(38-23-11-20-31)37-22-10-8-7-9-21-32-30(40)26-12-14-27(15-13-26)33-34-28-16-18-29(19-17-28)35(5)6/h12-19,24-25H,7-11,21-23H2,1-6H3,(H,32,40). The van der Waals surface area contributed by atoms with Crippen LogP contribution in [0.4, 0.5) is 17.1 Å². The molecule has 0 amide bonds. The van der Waals surface area contributed by atoms with E-state index in [0.717, 1.165) is 59.8 Å². The first-order chi connectivity index (χ1) is 19.2. The Morgan fingerprint density at radius 1 is 0.875 bits per heavy atom. The van der Waals surface area contributed by atoms with Gasteiger partial charge in [0.1, 0.15) is 4.99 Å². The quantitative estimate of drug-likeness (QED) is 0.0816. The van der Waals surface area contributed by atoms with Crippen LogP contribution >= 0.6 is 20.7 Å². The highest BCUT2D eigenvalue weighted by Gasteiger charge is 2.26. The zero-order valence-corrected chi connectivity index (χ0v) is 26.5. The normalized spacial score (nSPS) is 12.3. The second-order valence-corrected chi connectivity index (χ2v) is 12.1. The van der Waals surface area contributed by atoms with Crippen molar-refractivity contribution in [3.8, 4) is 6.07 Å². The van der Waals surface area contributed by atoms with Gasteiger partial charge in [-0.05, 0) is 89.1 Å². The minimum atomic E-state index is -1.16. The van der Waals surface area contributed by atoms with Crippen molar-refractivity contribution < 1.29 is 9.05 Å². The SMILES string of the molecule is CC(C)N(C(C)C)P(OCCC#N)OCCCCCCNC(=S)c1ccc(N=Nc2ccc(N(C)C)cc2)cc1. The Hall–Kier alpha value is -2.47. The van der Waals surface area contributed by atoms with Gasteiger partial charge in [-0.15, -0.1) is 0 Å². The molecule has 2 aromatic carbocycles. The Morgan fingerprint density at radius 3 is 1.98 bits per heavy atom. The van der Waals surface area contributed by atoms with Gasteiger partial charge in [-0.2, -0.15) is 15.5 Å². The van der Waals surface area contributed by atoms with E-state index in [1.54, 1.807) is 0 Å². The third-order valence-corrected chi connectivity index (χ3v) is 8.49. The van der Waals surface area contributed by atoms with Crippen LogP contribution in [0.3, 0.4) is 0 Å². The van der Waals surface area contributed by atoms with Crippen LogP contribution in [-0.4, -0.2) is 55.6 Å². The third-order valence-electron chi connectivity index (χ3n) is 6.00. The van der Waals surface area contributed by atoms with Crippen LogP contribution in [-0.2, 0) is 9.05 Å². The summed E-state index contributed by atoms with van der Waals surface area (Å²) in [4.78, 5) is 2.79. The molecule has 218 valence electrons. The molecule has 0 saturated heterocycles. The molecule has 0 saturated carbocycles. The lowest BCUT2D eigenvalue weighted by Gasteiger charge is -2.35. The number of thiocarbonyl (C=S) groups is 1. The molecule has 1 atom stereocenters. The third kappa shape index (κ3) is 12.4. The van der Waals surface area contributed by atoms with Crippen molar-refractivity contribution in [3.63, 3.8) is 0 Å². The van der Waals surface area contributed by atoms with E-state index in [-0.39, 0.29) is 0 Å². The molecule has 8 nitrogen and oxygen atoms in total. The van der Waals surface area contributed by atoms with Crippen LogP contribution in [0.5, 0.6) is 0 Å². The number of nitriles is 1. The fraction of sp³-hybridized carbons (Fsp3) is 0.533.